The number of hydrogen-bond acceptors (Lipinski definition) is 6. The van der Waals surface area contributed by atoms with Gasteiger partial charge in [0.05, 0.1) is 13.7 Å². The predicted octanol–water partition coefficient (Wildman–Crippen LogP) is 6.74. The summed E-state index contributed by atoms with van der Waals surface area (Å²) in [4.78, 5) is 14.8. The van der Waals surface area contributed by atoms with Crippen LogP contribution in [0.3, 0.4) is 0 Å². The maximum atomic E-state index is 12.4. The molecule has 8 heteroatoms. The number of benzene rings is 2. The van der Waals surface area contributed by atoms with Gasteiger partial charge in [-0.25, -0.2) is 0 Å². The number of Topliss-reactive ketones (excluding diaryl/α,β-unsaturated/α-hetero) is 1. The van der Waals surface area contributed by atoms with Gasteiger partial charge in [0.15, 0.2) is 23.3 Å². The number of halogens is 1. The van der Waals surface area contributed by atoms with Crippen molar-refractivity contribution in [2.24, 2.45) is 5.92 Å². The van der Waals surface area contributed by atoms with Gasteiger partial charge in [0.2, 0.25) is 0 Å². The van der Waals surface area contributed by atoms with E-state index in [2.05, 4.69) is 4.90 Å². The van der Waals surface area contributed by atoms with Gasteiger partial charge in [-0.05, 0) is 61.1 Å². The van der Waals surface area contributed by atoms with Gasteiger partial charge >= 0.3 is 0 Å². The number of ketones is 1. The van der Waals surface area contributed by atoms with Crippen molar-refractivity contribution in [3.05, 3.63) is 70.7 Å². The van der Waals surface area contributed by atoms with E-state index in [0.717, 1.165) is 17.7 Å². The molecule has 3 aromatic rings. The van der Waals surface area contributed by atoms with Crippen LogP contribution in [0.4, 0.5) is 0 Å². The molecule has 210 valence electrons. The molecule has 0 aliphatic heterocycles. The van der Waals surface area contributed by atoms with Crippen molar-refractivity contribution in [3.8, 4) is 23.3 Å². The van der Waals surface area contributed by atoms with Crippen molar-refractivity contribution >= 4 is 17.4 Å². The molecule has 4 rings (SSSR count). The van der Waals surface area contributed by atoms with Crippen molar-refractivity contribution in [2.45, 2.75) is 64.6 Å². The largest absolute Gasteiger partial charge is 0.494 e. The van der Waals surface area contributed by atoms with E-state index in [-0.39, 0.29) is 30.2 Å². The average molecular weight is 555 g/mol. The molecule has 1 heterocycles. The Morgan fingerprint density at radius 3 is 2.36 bits per heavy atom. The second kappa shape index (κ2) is 13.8. The SMILES string of the molecule is COc1cc(CN(CC2CCCCC2)C(CC(C)=O)c2ccc(Cl)cc2)ccc1OCCn1c(O)ccc1O. The zero-order valence-electron chi connectivity index (χ0n) is 22.8. The van der Waals surface area contributed by atoms with E-state index < -0.39 is 0 Å². The second-order valence-electron chi connectivity index (χ2n) is 10.4. The summed E-state index contributed by atoms with van der Waals surface area (Å²) in [5.74, 6) is 1.93. The molecule has 2 N–H and O–H groups in total. The Hall–Kier alpha value is -3.16. The molecule has 1 aliphatic carbocycles. The van der Waals surface area contributed by atoms with Crippen LogP contribution in [0.15, 0.2) is 54.6 Å². The zero-order chi connectivity index (χ0) is 27.8. The lowest BCUT2D eigenvalue weighted by Crippen LogP contribution is -2.35. The van der Waals surface area contributed by atoms with Crippen LogP contribution >= 0.6 is 11.6 Å². The zero-order valence-corrected chi connectivity index (χ0v) is 23.6. The number of ether oxygens (including phenoxy) is 2. The Kier molecular flexibility index (Phi) is 10.2. The minimum atomic E-state index is -0.0504. The quantitative estimate of drug-likeness (QED) is 0.243. The van der Waals surface area contributed by atoms with E-state index in [1.807, 2.05) is 42.5 Å². The summed E-state index contributed by atoms with van der Waals surface area (Å²) in [6.45, 7) is 3.78. The first-order chi connectivity index (χ1) is 18.8. The van der Waals surface area contributed by atoms with Gasteiger partial charge in [-0.2, -0.15) is 0 Å². The van der Waals surface area contributed by atoms with Crippen molar-refractivity contribution < 1.29 is 24.5 Å². The van der Waals surface area contributed by atoms with Crippen LogP contribution in [-0.2, 0) is 17.9 Å². The molecule has 2 aromatic carbocycles. The summed E-state index contributed by atoms with van der Waals surface area (Å²) < 4.78 is 13.0. The van der Waals surface area contributed by atoms with Crippen molar-refractivity contribution in [2.75, 3.05) is 20.3 Å². The molecule has 0 radical (unpaired) electrons. The smallest absolute Gasteiger partial charge is 0.193 e. The van der Waals surface area contributed by atoms with Gasteiger partial charge in [0.1, 0.15) is 12.4 Å². The predicted molar refractivity (Wildman–Crippen MR) is 153 cm³/mol. The number of hydrogen-bond donors (Lipinski definition) is 2. The number of carbonyl (C=O) groups is 1. The molecule has 0 spiro atoms. The topological polar surface area (TPSA) is 84.2 Å². The third kappa shape index (κ3) is 7.93. The van der Waals surface area contributed by atoms with Crippen molar-refractivity contribution in [1.82, 2.24) is 9.47 Å². The highest BCUT2D eigenvalue weighted by atomic mass is 35.5. The molecule has 39 heavy (non-hydrogen) atoms. The molecule has 1 fully saturated rings. The van der Waals surface area contributed by atoms with Crippen LogP contribution in [0.5, 0.6) is 23.3 Å². The minimum Gasteiger partial charge on any atom is -0.494 e. The Morgan fingerprint density at radius 2 is 1.72 bits per heavy atom. The van der Waals surface area contributed by atoms with Crippen LogP contribution < -0.4 is 9.47 Å². The van der Waals surface area contributed by atoms with E-state index in [1.54, 1.807) is 14.0 Å². The normalized spacial score (nSPS) is 14.9. The summed E-state index contributed by atoms with van der Waals surface area (Å²) in [6, 6.07) is 16.6. The van der Waals surface area contributed by atoms with Crippen LogP contribution in [0.2, 0.25) is 5.02 Å². The summed E-state index contributed by atoms with van der Waals surface area (Å²) >= 11 is 6.18. The van der Waals surface area contributed by atoms with Gasteiger partial charge in [0.25, 0.3) is 0 Å². The van der Waals surface area contributed by atoms with E-state index in [9.17, 15) is 15.0 Å². The summed E-state index contributed by atoms with van der Waals surface area (Å²) in [5.41, 5.74) is 2.16. The number of aromatic hydroxyl groups is 2. The van der Waals surface area contributed by atoms with Crippen LogP contribution in [0.1, 0.15) is 62.6 Å². The van der Waals surface area contributed by atoms with Gasteiger partial charge in [-0.3, -0.25) is 14.3 Å². The van der Waals surface area contributed by atoms with Crippen molar-refractivity contribution in [1.29, 1.82) is 0 Å². The lowest BCUT2D eigenvalue weighted by atomic mass is 9.87. The molecular formula is C31H39ClN2O5. The van der Waals surface area contributed by atoms with Crippen LogP contribution in [-0.4, -0.2) is 45.7 Å². The van der Waals surface area contributed by atoms with Gasteiger partial charge in [0, 0.05) is 42.7 Å². The molecule has 1 unspecified atom stereocenters. The monoisotopic (exact) mass is 554 g/mol. The third-order valence-electron chi connectivity index (χ3n) is 7.51. The van der Waals surface area contributed by atoms with E-state index in [1.165, 1.54) is 48.8 Å². The molecule has 1 aromatic heterocycles. The first-order valence-electron chi connectivity index (χ1n) is 13.7. The Labute approximate surface area is 235 Å². The second-order valence-corrected chi connectivity index (χ2v) is 10.9. The Morgan fingerprint density at radius 1 is 1.03 bits per heavy atom. The highest BCUT2D eigenvalue weighted by molar-refractivity contribution is 6.30. The average Bonchev–Trinajstić information content (AvgIpc) is 3.25. The summed E-state index contributed by atoms with van der Waals surface area (Å²) in [7, 11) is 1.61. The van der Waals surface area contributed by atoms with E-state index >= 15 is 0 Å². The molecule has 0 saturated heterocycles. The molecular weight excluding hydrogens is 516 g/mol. The molecule has 0 bridgehead atoms. The van der Waals surface area contributed by atoms with Crippen LogP contribution in [0, 0.1) is 5.92 Å². The van der Waals surface area contributed by atoms with E-state index in [0.29, 0.717) is 41.9 Å². The fourth-order valence-electron chi connectivity index (χ4n) is 5.50. The molecule has 1 atom stereocenters. The van der Waals surface area contributed by atoms with Gasteiger partial charge in [-0.15, -0.1) is 0 Å². The van der Waals surface area contributed by atoms with Gasteiger partial charge in [-0.1, -0.05) is 49.1 Å². The van der Waals surface area contributed by atoms with Gasteiger partial charge < -0.3 is 19.7 Å². The number of nitrogens with zero attached hydrogens (tertiary/aromatic N) is 2. The maximum absolute atomic E-state index is 12.4. The number of rotatable bonds is 13. The fraction of sp³-hybridized carbons (Fsp3) is 0.452. The van der Waals surface area contributed by atoms with Crippen molar-refractivity contribution in [3.63, 3.8) is 0 Å². The minimum absolute atomic E-state index is 0.0164. The highest BCUT2D eigenvalue weighted by Gasteiger charge is 2.26. The first kappa shape index (κ1) is 28.8. The van der Waals surface area contributed by atoms with Crippen LogP contribution in [0.25, 0.3) is 0 Å². The fourth-order valence-corrected chi connectivity index (χ4v) is 5.63. The number of aromatic nitrogens is 1. The highest BCUT2D eigenvalue weighted by Crippen LogP contribution is 2.34. The summed E-state index contributed by atoms with van der Waals surface area (Å²) in [5, 5.41) is 20.4. The molecule has 0 amide bonds. The molecule has 1 saturated carbocycles. The number of methoxy groups -OCH3 is 1. The molecule has 7 nitrogen and oxygen atoms in total. The van der Waals surface area contributed by atoms with E-state index in [4.69, 9.17) is 21.1 Å². The lowest BCUT2D eigenvalue weighted by Gasteiger charge is -2.36. The maximum Gasteiger partial charge on any atom is 0.193 e. The first-order valence-corrected chi connectivity index (χ1v) is 14.1. The Bertz CT molecular complexity index is 1200. The lowest BCUT2D eigenvalue weighted by molar-refractivity contribution is -0.118. The molecule has 1 aliphatic rings. The number of carbonyl (C=O) groups excluding carboxylic acids is 1. The third-order valence-corrected chi connectivity index (χ3v) is 7.77. The Balaban J connectivity index is 1.54. The standard InChI is InChI=1S/C31H39ClN2O5/c1-22(35)18-27(25-9-11-26(32)12-10-25)33(20-23-6-4-3-5-7-23)21-24-8-13-28(29(19-24)38-2)39-17-16-34-30(36)14-15-31(34)37/h8-15,19,23,27,36-37H,3-7,16-18,20-21H2,1-2H3. The summed E-state index contributed by atoms with van der Waals surface area (Å²) in [6.07, 6.45) is 6.68.